The summed E-state index contributed by atoms with van der Waals surface area (Å²) in [4.78, 5) is 28.0. The number of thioether (sulfide) groups is 1. The number of hydrogen-bond acceptors (Lipinski definition) is 6. The predicted molar refractivity (Wildman–Crippen MR) is 82.0 cm³/mol. The molecule has 21 heavy (non-hydrogen) atoms. The van der Waals surface area contributed by atoms with E-state index in [0.29, 0.717) is 6.54 Å². The number of hydrogen-bond donors (Lipinski definition) is 1. The van der Waals surface area contributed by atoms with Crippen molar-refractivity contribution >= 4 is 35.0 Å². The topological polar surface area (TPSA) is 88.4 Å². The van der Waals surface area contributed by atoms with Gasteiger partial charge < -0.3 is 5.32 Å². The van der Waals surface area contributed by atoms with Gasteiger partial charge in [0, 0.05) is 43.8 Å². The van der Waals surface area contributed by atoms with E-state index in [1.807, 2.05) is 11.8 Å². The van der Waals surface area contributed by atoms with Gasteiger partial charge in [0.2, 0.25) is 0 Å². The van der Waals surface area contributed by atoms with E-state index in [9.17, 15) is 14.9 Å². The maximum Gasteiger partial charge on any atom is 0.288 e. The van der Waals surface area contributed by atoms with Crippen LogP contribution in [0.3, 0.4) is 0 Å². The number of pyridine rings is 1. The third-order valence-corrected chi connectivity index (χ3v) is 4.34. The number of carbonyl (C=O) groups is 1. The van der Waals surface area contributed by atoms with E-state index in [2.05, 4.69) is 15.2 Å². The van der Waals surface area contributed by atoms with E-state index >= 15 is 0 Å². The fourth-order valence-corrected chi connectivity index (χ4v) is 3.11. The van der Waals surface area contributed by atoms with Gasteiger partial charge in [-0.3, -0.25) is 19.8 Å². The van der Waals surface area contributed by atoms with Crippen LogP contribution in [-0.2, 0) is 0 Å². The van der Waals surface area contributed by atoms with Crippen molar-refractivity contribution in [3.63, 3.8) is 0 Å². The number of halogens is 1. The molecule has 0 aliphatic carbocycles. The molecular formula is C12H15ClN4O3S. The predicted octanol–water partition coefficient (Wildman–Crippen LogP) is 1.42. The van der Waals surface area contributed by atoms with Crippen molar-refractivity contribution in [3.05, 3.63) is 33.1 Å². The lowest BCUT2D eigenvalue weighted by molar-refractivity contribution is -0.385. The fraction of sp³-hybridized carbons (Fsp3) is 0.500. The molecule has 1 N–H and O–H groups in total. The minimum Gasteiger partial charge on any atom is -0.351 e. The maximum atomic E-state index is 12.0. The molecule has 2 rings (SSSR count). The highest BCUT2D eigenvalue weighted by Gasteiger charge is 2.17. The van der Waals surface area contributed by atoms with Gasteiger partial charge in [0.05, 0.1) is 10.5 Å². The van der Waals surface area contributed by atoms with E-state index < -0.39 is 10.8 Å². The molecule has 0 bridgehead atoms. The maximum absolute atomic E-state index is 12.0. The second-order valence-electron chi connectivity index (χ2n) is 4.50. The molecule has 1 fully saturated rings. The molecule has 1 saturated heterocycles. The zero-order valence-electron chi connectivity index (χ0n) is 11.2. The molecule has 1 aromatic rings. The normalized spacial score (nSPS) is 15.7. The van der Waals surface area contributed by atoms with Crippen molar-refractivity contribution in [1.29, 1.82) is 0 Å². The molecule has 1 aliphatic rings. The van der Waals surface area contributed by atoms with Crippen LogP contribution in [-0.4, -0.2) is 58.4 Å². The fourth-order valence-electron chi connectivity index (χ4n) is 1.94. The summed E-state index contributed by atoms with van der Waals surface area (Å²) in [6.07, 6.45) is 1.03. The number of nitro groups is 1. The highest BCUT2D eigenvalue weighted by molar-refractivity contribution is 7.99. The van der Waals surface area contributed by atoms with E-state index in [4.69, 9.17) is 11.6 Å². The lowest BCUT2D eigenvalue weighted by Crippen LogP contribution is -2.39. The van der Waals surface area contributed by atoms with E-state index in [1.165, 1.54) is 0 Å². The van der Waals surface area contributed by atoms with Crippen molar-refractivity contribution in [2.75, 3.05) is 37.7 Å². The number of aromatic nitrogens is 1. The summed E-state index contributed by atoms with van der Waals surface area (Å²) in [5.41, 5.74) is -0.224. The molecule has 1 amide bonds. The average Bonchev–Trinajstić information content (AvgIpc) is 2.48. The Morgan fingerprint density at radius 2 is 2.24 bits per heavy atom. The number of amides is 1. The van der Waals surface area contributed by atoms with Crippen LogP contribution in [0.1, 0.15) is 10.4 Å². The van der Waals surface area contributed by atoms with Crippen molar-refractivity contribution in [1.82, 2.24) is 15.2 Å². The van der Waals surface area contributed by atoms with Gasteiger partial charge in [0.15, 0.2) is 0 Å². The third kappa shape index (κ3) is 4.55. The summed E-state index contributed by atoms with van der Waals surface area (Å²) < 4.78 is 0. The van der Waals surface area contributed by atoms with E-state index in [0.717, 1.165) is 43.4 Å². The quantitative estimate of drug-likeness (QED) is 0.499. The number of nitrogens with one attached hydrogen (secondary N) is 1. The average molecular weight is 331 g/mol. The summed E-state index contributed by atoms with van der Waals surface area (Å²) in [5, 5.41) is 13.4. The Morgan fingerprint density at radius 1 is 1.52 bits per heavy atom. The first kappa shape index (κ1) is 16.0. The van der Waals surface area contributed by atoms with Gasteiger partial charge in [-0.1, -0.05) is 11.6 Å². The molecule has 2 heterocycles. The molecule has 0 aromatic carbocycles. The third-order valence-electron chi connectivity index (χ3n) is 3.10. The van der Waals surface area contributed by atoms with Gasteiger partial charge in [-0.05, 0) is 0 Å². The number of nitrogens with zero attached hydrogens (tertiary/aromatic N) is 3. The van der Waals surface area contributed by atoms with Gasteiger partial charge in [0.25, 0.3) is 11.6 Å². The Hall–Kier alpha value is -1.38. The Bertz CT molecular complexity index is 537. The lowest BCUT2D eigenvalue weighted by atomic mass is 10.2. The van der Waals surface area contributed by atoms with E-state index in [-0.39, 0.29) is 16.4 Å². The first-order valence-corrected chi connectivity index (χ1v) is 7.99. The molecule has 1 aliphatic heterocycles. The Morgan fingerprint density at radius 3 is 2.90 bits per heavy atom. The zero-order chi connectivity index (χ0) is 15.2. The lowest BCUT2D eigenvalue weighted by Gasteiger charge is -2.25. The molecule has 0 atom stereocenters. The Balaban J connectivity index is 1.90. The molecule has 7 nitrogen and oxygen atoms in total. The van der Waals surface area contributed by atoms with Gasteiger partial charge in [0.1, 0.15) is 11.3 Å². The van der Waals surface area contributed by atoms with Gasteiger partial charge in [-0.2, -0.15) is 11.8 Å². The van der Waals surface area contributed by atoms with Crippen LogP contribution in [0.15, 0.2) is 12.3 Å². The van der Waals surface area contributed by atoms with Crippen molar-refractivity contribution in [2.24, 2.45) is 0 Å². The first-order chi connectivity index (χ1) is 10.1. The summed E-state index contributed by atoms with van der Waals surface area (Å²) in [6.45, 7) is 3.26. The standard InChI is InChI=1S/C12H15ClN4O3S/c13-11-10(7-9(8-15-11)17(19)20)12(18)14-1-2-16-3-5-21-6-4-16/h7-8H,1-6H2,(H,14,18). The van der Waals surface area contributed by atoms with Crippen molar-refractivity contribution in [3.8, 4) is 0 Å². The largest absolute Gasteiger partial charge is 0.351 e. The Kier molecular flexibility index (Phi) is 5.77. The van der Waals surface area contributed by atoms with Crippen molar-refractivity contribution < 1.29 is 9.72 Å². The van der Waals surface area contributed by atoms with Crippen LogP contribution in [0.4, 0.5) is 5.69 Å². The smallest absolute Gasteiger partial charge is 0.288 e. The van der Waals surface area contributed by atoms with Crippen molar-refractivity contribution in [2.45, 2.75) is 0 Å². The molecule has 0 saturated carbocycles. The van der Waals surface area contributed by atoms with Crippen LogP contribution in [0.5, 0.6) is 0 Å². The molecule has 1 aromatic heterocycles. The van der Waals surface area contributed by atoms with Crippen LogP contribution in [0.2, 0.25) is 5.15 Å². The molecule has 114 valence electrons. The first-order valence-electron chi connectivity index (χ1n) is 6.46. The minimum atomic E-state index is -0.606. The van der Waals surface area contributed by atoms with E-state index in [1.54, 1.807) is 0 Å². The van der Waals surface area contributed by atoms with Gasteiger partial charge >= 0.3 is 0 Å². The summed E-state index contributed by atoms with van der Waals surface area (Å²) >= 11 is 7.74. The molecule has 0 radical (unpaired) electrons. The number of rotatable bonds is 5. The summed E-state index contributed by atoms with van der Waals surface area (Å²) in [5.74, 6) is 1.77. The van der Waals surface area contributed by atoms with Crippen LogP contribution in [0, 0.1) is 10.1 Å². The van der Waals surface area contributed by atoms with Gasteiger partial charge in [-0.25, -0.2) is 4.98 Å². The SMILES string of the molecule is O=C(NCCN1CCSCC1)c1cc([N+](=O)[O-])cnc1Cl. The molecule has 0 unspecified atom stereocenters. The molecule has 0 spiro atoms. The van der Waals surface area contributed by atoms with Crippen LogP contribution in [0.25, 0.3) is 0 Å². The van der Waals surface area contributed by atoms with Crippen LogP contribution >= 0.6 is 23.4 Å². The highest BCUT2D eigenvalue weighted by atomic mass is 35.5. The summed E-state index contributed by atoms with van der Waals surface area (Å²) in [7, 11) is 0. The Labute approximate surface area is 131 Å². The zero-order valence-corrected chi connectivity index (χ0v) is 12.8. The second-order valence-corrected chi connectivity index (χ2v) is 6.08. The summed E-state index contributed by atoms with van der Waals surface area (Å²) in [6, 6.07) is 1.14. The number of carbonyl (C=O) groups excluding carboxylic acids is 1. The molecule has 9 heteroatoms. The van der Waals surface area contributed by atoms with Crippen LogP contribution < -0.4 is 5.32 Å². The highest BCUT2D eigenvalue weighted by Crippen LogP contribution is 2.18. The minimum absolute atomic E-state index is 0.0278. The van der Waals surface area contributed by atoms with Gasteiger partial charge in [-0.15, -0.1) is 0 Å². The monoisotopic (exact) mass is 330 g/mol. The molecular weight excluding hydrogens is 316 g/mol. The second kappa shape index (κ2) is 7.58.